The van der Waals surface area contributed by atoms with Crippen molar-refractivity contribution in [2.75, 3.05) is 26.1 Å². The monoisotopic (exact) mass is 267 g/mol. The number of carbonyl (C=O) groups is 2. The van der Waals surface area contributed by atoms with E-state index < -0.39 is 12.0 Å². The molecule has 0 aliphatic rings. The molecule has 1 aromatic rings. The number of carbonyl (C=O) groups excluding carboxylic acids is 1. The smallest absolute Gasteiger partial charge is 0.326 e. The van der Waals surface area contributed by atoms with E-state index in [1.54, 1.807) is 6.07 Å². The number of rotatable bonds is 7. The number of anilines is 1. The molecule has 0 fully saturated rings. The van der Waals surface area contributed by atoms with E-state index in [4.69, 9.17) is 9.84 Å². The molecule has 7 nitrogen and oxygen atoms in total. The van der Waals surface area contributed by atoms with Gasteiger partial charge < -0.3 is 20.5 Å². The third-order valence-electron chi connectivity index (χ3n) is 2.47. The molecule has 0 radical (unpaired) electrons. The highest BCUT2D eigenvalue weighted by Crippen LogP contribution is 2.11. The molecule has 1 atom stereocenters. The molecule has 0 saturated heterocycles. The van der Waals surface area contributed by atoms with Gasteiger partial charge in [0, 0.05) is 39.1 Å². The Hall–Kier alpha value is -2.15. The van der Waals surface area contributed by atoms with Crippen LogP contribution in [-0.2, 0) is 9.53 Å². The summed E-state index contributed by atoms with van der Waals surface area (Å²) in [4.78, 5) is 26.4. The van der Waals surface area contributed by atoms with Crippen molar-refractivity contribution < 1.29 is 19.4 Å². The first kappa shape index (κ1) is 14.9. The van der Waals surface area contributed by atoms with Crippen molar-refractivity contribution in [1.29, 1.82) is 0 Å². The molecule has 3 N–H and O–H groups in total. The minimum absolute atomic E-state index is 0.225. The van der Waals surface area contributed by atoms with Crippen molar-refractivity contribution in [2.24, 2.45) is 0 Å². The summed E-state index contributed by atoms with van der Waals surface area (Å²) in [5.41, 5.74) is 0.750. The van der Waals surface area contributed by atoms with Crippen molar-refractivity contribution in [2.45, 2.75) is 12.5 Å². The fraction of sp³-hybridized carbons (Fsp3) is 0.417. The van der Waals surface area contributed by atoms with Crippen LogP contribution in [-0.4, -0.2) is 48.8 Å². The Morgan fingerprint density at radius 2 is 2.26 bits per heavy atom. The number of hydrogen-bond acceptors (Lipinski definition) is 5. The van der Waals surface area contributed by atoms with Crippen molar-refractivity contribution in [3.63, 3.8) is 0 Å². The Labute approximate surface area is 111 Å². The molecule has 1 amide bonds. The van der Waals surface area contributed by atoms with Crippen LogP contribution >= 0.6 is 0 Å². The first-order chi connectivity index (χ1) is 9.08. The predicted octanol–water partition coefficient (Wildman–Crippen LogP) is 0.343. The molecule has 0 saturated carbocycles. The zero-order valence-corrected chi connectivity index (χ0v) is 10.8. The largest absolute Gasteiger partial charge is 0.480 e. The second-order valence-electron chi connectivity index (χ2n) is 3.83. The van der Waals surface area contributed by atoms with Gasteiger partial charge in [0.25, 0.3) is 5.91 Å². The lowest BCUT2D eigenvalue weighted by molar-refractivity contribution is -0.138. The van der Waals surface area contributed by atoms with Gasteiger partial charge in [0.05, 0.1) is 0 Å². The molecule has 1 rings (SSSR count). The van der Waals surface area contributed by atoms with Gasteiger partial charge in [-0.05, 0) is 12.1 Å². The van der Waals surface area contributed by atoms with E-state index in [9.17, 15) is 9.59 Å². The third-order valence-corrected chi connectivity index (χ3v) is 2.47. The average molecular weight is 267 g/mol. The van der Waals surface area contributed by atoms with Crippen LogP contribution in [0.5, 0.6) is 0 Å². The molecule has 1 heterocycles. The number of carboxylic acids is 1. The molecule has 19 heavy (non-hydrogen) atoms. The zero-order valence-electron chi connectivity index (χ0n) is 10.8. The van der Waals surface area contributed by atoms with E-state index in [-0.39, 0.29) is 11.6 Å². The lowest BCUT2D eigenvalue weighted by atomic mass is 10.2. The van der Waals surface area contributed by atoms with E-state index in [1.807, 2.05) is 0 Å². The van der Waals surface area contributed by atoms with Gasteiger partial charge in [-0.25, -0.2) is 4.79 Å². The fourth-order valence-corrected chi connectivity index (χ4v) is 1.47. The molecule has 0 aliphatic carbocycles. The minimum atomic E-state index is -0.977. The highest BCUT2D eigenvalue weighted by atomic mass is 16.5. The Bertz CT molecular complexity index is 450. The van der Waals surface area contributed by atoms with Gasteiger partial charge in [-0.3, -0.25) is 9.78 Å². The number of carboxylic acid groups (broad SMARTS) is 1. The van der Waals surface area contributed by atoms with Gasteiger partial charge >= 0.3 is 5.97 Å². The minimum Gasteiger partial charge on any atom is -0.480 e. The number of pyridine rings is 1. The normalized spacial score (nSPS) is 11.7. The summed E-state index contributed by atoms with van der Waals surface area (Å²) in [6.45, 7) is 0.331. The Morgan fingerprint density at radius 3 is 2.84 bits per heavy atom. The third kappa shape index (κ3) is 4.55. The Morgan fingerprint density at radius 1 is 1.53 bits per heavy atom. The SMILES string of the molecule is CNC(=O)c1cc(NC(CCOC)C(=O)O)ccn1. The van der Waals surface area contributed by atoms with Crippen LogP contribution in [0.25, 0.3) is 0 Å². The topological polar surface area (TPSA) is 101 Å². The van der Waals surface area contributed by atoms with E-state index in [0.29, 0.717) is 18.7 Å². The van der Waals surface area contributed by atoms with Crippen LogP contribution in [0.15, 0.2) is 18.3 Å². The highest BCUT2D eigenvalue weighted by molar-refractivity contribution is 5.93. The molecule has 0 spiro atoms. The van der Waals surface area contributed by atoms with Crippen LogP contribution in [0.1, 0.15) is 16.9 Å². The first-order valence-electron chi connectivity index (χ1n) is 5.75. The number of nitrogens with one attached hydrogen (secondary N) is 2. The molecule has 1 aromatic heterocycles. The van der Waals surface area contributed by atoms with Gasteiger partial charge in [0.2, 0.25) is 0 Å². The van der Waals surface area contributed by atoms with Crippen molar-refractivity contribution >= 4 is 17.6 Å². The number of hydrogen-bond donors (Lipinski definition) is 3. The fourth-order valence-electron chi connectivity index (χ4n) is 1.47. The number of nitrogens with zero attached hydrogens (tertiary/aromatic N) is 1. The maximum absolute atomic E-state index is 11.4. The highest BCUT2D eigenvalue weighted by Gasteiger charge is 2.17. The summed E-state index contributed by atoms with van der Waals surface area (Å²) in [7, 11) is 3.01. The van der Waals surface area contributed by atoms with Gasteiger partial charge in [-0.1, -0.05) is 0 Å². The van der Waals surface area contributed by atoms with Gasteiger partial charge in [0.1, 0.15) is 11.7 Å². The van der Waals surface area contributed by atoms with Crippen LogP contribution in [0, 0.1) is 0 Å². The maximum Gasteiger partial charge on any atom is 0.326 e. The van der Waals surface area contributed by atoms with Gasteiger partial charge in [-0.2, -0.15) is 0 Å². The Kier molecular flexibility index (Phi) is 5.74. The van der Waals surface area contributed by atoms with Crippen molar-refractivity contribution in [3.8, 4) is 0 Å². The number of aliphatic carboxylic acids is 1. The summed E-state index contributed by atoms with van der Waals surface area (Å²) in [6.07, 6.45) is 1.77. The second-order valence-corrected chi connectivity index (χ2v) is 3.83. The zero-order chi connectivity index (χ0) is 14.3. The van der Waals surface area contributed by atoms with E-state index >= 15 is 0 Å². The number of amides is 1. The molecular formula is C12H17N3O4. The van der Waals surface area contributed by atoms with E-state index in [0.717, 1.165) is 0 Å². The quantitative estimate of drug-likeness (QED) is 0.658. The Balaban J connectivity index is 2.78. The standard InChI is InChI=1S/C12H17N3O4/c1-13-11(16)10-7-8(3-5-14-10)15-9(12(17)18)4-6-19-2/h3,5,7,9H,4,6H2,1-2H3,(H,13,16)(H,14,15)(H,17,18). The second kappa shape index (κ2) is 7.32. The van der Waals surface area contributed by atoms with Crippen LogP contribution in [0.2, 0.25) is 0 Å². The van der Waals surface area contributed by atoms with Crippen molar-refractivity contribution in [3.05, 3.63) is 24.0 Å². The van der Waals surface area contributed by atoms with E-state index in [1.165, 1.54) is 26.4 Å². The summed E-state index contributed by atoms with van der Waals surface area (Å²) in [6, 6.07) is 2.33. The number of aromatic nitrogens is 1. The molecular weight excluding hydrogens is 250 g/mol. The molecule has 0 bridgehead atoms. The molecule has 0 aromatic carbocycles. The number of methoxy groups -OCH3 is 1. The average Bonchev–Trinajstić information content (AvgIpc) is 2.42. The van der Waals surface area contributed by atoms with Crippen LogP contribution in [0.4, 0.5) is 5.69 Å². The lowest BCUT2D eigenvalue weighted by Crippen LogP contribution is -2.30. The maximum atomic E-state index is 11.4. The summed E-state index contributed by atoms with van der Waals surface area (Å²) in [5, 5.41) is 14.4. The predicted molar refractivity (Wildman–Crippen MR) is 69.2 cm³/mol. The molecule has 7 heteroatoms. The van der Waals surface area contributed by atoms with E-state index in [2.05, 4.69) is 15.6 Å². The lowest BCUT2D eigenvalue weighted by Gasteiger charge is -2.15. The van der Waals surface area contributed by atoms with Crippen LogP contribution in [0.3, 0.4) is 0 Å². The van der Waals surface area contributed by atoms with Crippen molar-refractivity contribution in [1.82, 2.24) is 10.3 Å². The number of ether oxygens (including phenoxy) is 1. The summed E-state index contributed by atoms with van der Waals surface area (Å²) in [5.74, 6) is -1.30. The molecule has 104 valence electrons. The summed E-state index contributed by atoms with van der Waals surface area (Å²) >= 11 is 0. The first-order valence-corrected chi connectivity index (χ1v) is 5.75. The van der Waals surface area contributed by atoms with Crippen LogP contribution < -0.4 is 10.6 Å². The summed E-state index contributed by atoms with van der Waals surface area (Å²) < 4.78 is 4.86. The van der Waals surface area contributed by atoms with Gasteiger partial charge in [-0.15, -0.1) is 0 Å². The molecule has 1 unspecified atom stereocenters. The van der Waals surface area contributed by atoms with Gasteiger partial charge in [0.15, 0.2) is 0 Å². The molecule has 0 aliphatic heterocycles.